The molecule has 26 unspecified atom stereocenters. The summed E-state index contributed by atoms with van der Waals surface area (Å²) < 4.78 is 69.8. The smallest absolute Gasteiger partial charge is 0.303 e. The molecule has 74 heavy (non-hydrogen) atoms. The molecule has 26 atom stereocenters. The fraction of sp³-hybridized carbons (Fsp3) is 0.907. The predicted octanol–water partition coefficient (Wildman–Crippen LogP) is 3.10. The van der Waals surface area contributed by atoms with Gasteiger partial charge >= 0.3 is 17.9 Å². The van der Waals surface area contributed by atoms with E-state index in [1.165, 1.54) is 27.7 Å². The summed E-state index contributed by atoms with van der Waals surface area (Å²) in [6.45, 7) is 22.6. The van der Waals surface area contributed by atoms with E-state index in [2.05, 4.69) is 40.7 Å². The summed E-state index contributed by atoms with van der Waals surface area (Å²) in [5.41, 5.74) is -1.02. The second-order valence-electron chi connectivity index (χ2n) is 25.1. The molecule has 5 saturated heterocycles. The molecule has 0 amide bonds. The van der Waals surface area contributed by atoms with Gasteiger partial charge in [-0.2, -0.15) is 0 Å². The molecule has 9 rings (SSSR count). The number of allylic oxidation sites excluding steroid dienone is 1. The molecule has 0 aromatic heterocycles. The molecule has 6 N–H and O–H groups in total. The van der Waals surface area contributed by atoms with Gasteiger partial charge in [-0.3, -0.25) is 14.4 Å². The molecule has 420 valence electrons. The molecule has 2 bridgehead atoms. The lowest BCUT2D eigenvalue weighted by Gasteiger charge is -2.70. The van der Waals surface area contributed by atoms with Crippen molar-refractivity contribution in [2.75, 3.05) is 13.2 Å². The van der Waals surface area contributed by atoms with Crippen molar-refractivity contribution in [3.8, 4) is 0 Å². The van der Waals surface area contributed by atoms with E-state index in [1.807, 2.05) is 13.8 Å². The van der Waals surface area contributed by atoms with E-state index < -0.39 is 139 Å². The first-order valence-corrected chi connectivity index (χ1v) is 27.0. The number of carbonyl (C=O) groups is 3. The van der Waals surface area contributed by atoms with E-state index in [1.54, 1.807) is 6.92 Å². The maximum Gasteiger partial charge on any atom is 0.303 e. The quantitative estimate of drug-likeness (QED) is 0.0751. The Hall–Kier alpha value is -2.41. The number of esters is 3. The maximum atomic E-state index is 12.8. The molecule has 4 aliphatic carbocycles. The molecule has 5 aliphatic heterocycles. The van der Waals surface area contributed by atoms with Crippen molar-refractivity contribution < 1.29 is 97.1 Å². The molecule has 9 aliphatic rings. The molecule has 4 saturated carbocycles. The first-order valence-electron chi connectivity index (χ1n) is 27.0. The van der Waals surface area contributed by atoms with Crippen molar-refractivity contribution in [2.45, 2.75) is 250 Å². The molecular weight excluding hydrogens is 969 g/mol. The van der Waals surface area contributed by atoms with Gasteiger partial charge in [0.05, 0.1) is 43.2 Å². The van der Waals surface area contributed by atoms with Gasteiger partial charge in [0.2, 0.25) is 0 Å². The number of aliphatic hydroxyl groups is 6. The van der Waals surface area contributed by atoms with Crippen LogP contribution in [0.2, 0.25) is 0 Å². The molecule has 2 spiro atoms. The monoisotopic (exact) mass is 1050 g/mol. The first kappa shape index (κ1) is 56.3. The molecular formula is C54H84O20. The Bertz CT molecular complexity index is 2140. The van der Waals surface area contributed by atoms with Gasteiger partial charge in [0.15, 0.2) is 43.0 Å². The van der Waals surface area contributed by atoms with Gasteiger partial charge in [-0.05, 0) is 107 Å². The van der Waals surface area contributed by atoms with Gasteiger partial charge in [0, 0.05) is 44.9 Å². The minimum atomic E-state index is -1.64. The second-order valence-corrected chi connectivity index (χ2v) is 25.1. The number of rotatable bonds is 11. The van der Waals surface area contributed by atoms with Crippen LogP contribution in [0.1, 0.15) is 134 Å². The number of fused-ring (bicyclic) bond motifs is 4. The lowest BCUT2D eigenvalue weighted by Crippen LogP contribution is -2.69. The summed E-state index contributed by atoms with van der Waals surface area (Å²) in [7, 11) is 0. The molecule has 5 heterocycles. The van der Waals surface area contributed by atoms with Gasteiger partial charge in [-0.1, -0.05) is 39.3 Å². The molecule has 0 radical (unpaired) electrons. The summed E-state index contributed by atoms with van der Waals surface area (Å²) in [5.74, 6) is -2.66. The number of aliphatic hydroxyl groups excluding tert-OH is 6. The van der Waals surface area contributed by atoms with Gasteiger partial charge in [-0.15, -0.1) is 0 Å². The third-order valence-corrected chi connectivity index (χ3v) is 20.0. The number of hydrogen-bond acceptors (Lipinski definition) is 20. The Morgan fingerprint density at radius 1 is 0.649 bits per heavy atom. The zero-order valence-corrected chi connectivity index (χ0v) is 45.2. The Labute approximate surface area is 434 Å². The topological polar surface area (TPSA) is 274 Å². The zero-order chi connectivity index (χ0) is 54.0. The normalized spacial score (nSPS) is 52.3. The third-order valence-electron chi connectivity index (χ3n) is 20.0. The van der Waals surface area contributed by atoms with E-state index in [0.717, 1.165) is 37.7 Å². The van der Waals surface area contributed by atoms with E-state index in [0.29, 0.717) is 25.9 Å². The van der Waals surface area contributed by atoms with Gasteiger partial charge < -0.3 is 82.7 Å². The second kappa shape index (κ2) is 20.0. The summed E-state index contributed by atoms with van der Waals surface area (Å²) in [6, 6.07) is 0. The van der Waals surface area contributed by atoms with Gasteiger partial charge in [-0.25, -0.2) is 0 Å². The fourth-order valence-corrected chi connectivity index (χ4v) is 16.9. The Morgan fingerprint density at radius 2 is 1.27 bits per heavy atom. The largest absolute Gasteiger partial charge is 0.456 e. The lowest BCUT2D eigenvalue weighted by atomic mass is 9.35. The van der Waals surface area contributed by atoms with Crippen molar-refractivity contribution in [1.82, 2.24) is 0 Å². The zero-order valence-electron chi connectivity index (χ0n) is 45.2. The van der Waals surface area contributed by atoms with E-state index >= 15 is 0 Å². The van der Waals surface area contributed by atoms with Crippen LogP contribution in [0.3, 0.4) is 0 Å². The summed E-state index contributed by atoms with van der Waals surface area (Å²) in [6.07, 6.45) is -12.1. The minimum Gasteiger partial charge on any atom is -0.456 e. The van der Waals surface area contributed by atoms with Crippen LogP contribution in [0, 0.1) is 45.3 Å². The van der Waals surface area contributed by atoms with Crippen molar-refractivity contribution in [2.24, 2.45) is 45.3 Å². The van der Waals surface area contributed by atoms with Crippen LogP contribution in [-0.4, -0.2) is 177 Å². The number of carbonyl (C=O) groups excluding carboxylic acids is 3. The van der Waals surface area contributed by atoms with Crippen LogP contribution in [0.15, 0.2) is 11.6 Å². The minimum absolute atomic E-state index is 0.103. The van der Waals surface area contributed by atoms with Crippen LogP contribution >= 0.6 is 0 Å². The van der Waals surface area contributed by atoms with Crippen molar-refractivity contribution in [1.29, 1.82) is 0 Å². The van der Waals surface area contributed by atoms with Crippen LogP contribution in [0.25, 0.3) is 0 Å². The molecule has 0 aromatic rings. The van der Waals surface area contributed by atoms with Crippen LogP contribution in [0.5, 0.6) is 0 Å². The van der Waals surface area contributed by atoms with E-state index in [9.17, 15) is 45.0 Å². The highest BCUT2D eigenvalue weighted by molar-refractivity contribution is 5.68. The van der Waals surface area contributed by atoms with Gasteiger partial charge in [0.25, 0.3) is 0 Å². The van der Waals surface area contributed by atoms with E-state index in [-0.39, 0.29) is 46.5 Å². The number of hydrogen-bond donors (Lipinski definition) is 6. The summed E-state index contributed by atoms with van der Waals surface area (Å²) >= 11 is 0. The van der Waals surface area contributed by atoms with Crippen LogP contribution < -0.4 is 0 Å². The van der Waals surface area contributed by atoms with Crippen molar-refractivity contribution in [3.05, 3.63) is 11.6 Å². The van der Waals surface area contributed by atoms with Crippen molar-refractivity contribution in [3.63, 3.8) is 0 Å². The SMILES string of the molecule is CC(=O)OC1C(C)OC(OC2(C)CC(C=C(C)C)OC34CC5(CO3)C(CCC3C6(C)CCC(OC7OC(COC8OC(C)C(O)C(O)C8O)C(O)C(O)C7O)C(C)(C)C6CCC35C)C24)C(OC(C)=O)C1OC(C)=O. The van der Waals surface area contributed by atoms with E-state index in [4.69, 9.17) is 52.1 Å². The maximum absolute atomic E-state index is 12.8. The third kappa shape index (κ3) is 9.21. The highest BCUT2D eigenvalue weighted by Gasteiger charge is 2.81. The summed E-state index contributed by atoms with van der Waals surface area (Å²) in [4.78, 5) is 37.8. The summed E-state index contributed by atoms with van der Waals surface area (Å²) in [5, 5.41) is 64.4. The average Bonchev–Trinajstić information content (AvgIpc) is 3.82. The Morgan fingerprint density at radius 3 is 1.93 bits per heavy atom. The molecule has 20 nitrogen and oxygen atoms in total. The predicted molar refractivity (Wildman–Crippen MR) is 257 cm³/mol. The van der Waals surface area contributed by atoms with Crippen LogP contribution in [0.4, 0.5) is 0 Å². The van der Waals surface area contributed by atoms with Crippen LogP contribution in [-0.2, 0) is 66.5 Å². The number of ether oxygens (including phenoxy) is 11. The highest BCUT2D eigenvalue weighted by Crippen LogP contribution is 2.80. The lowest BCUT2D eigenvalue weighted by molar-refractivity contribution is -0.384. The first-order chi connectivity index (χ1) is 34.5. The Balaban J connectivity index is 0.961. The van der Waals surface area contributed by atoms with Gasteiger partial charge in [0.1, 0.15) is 42.7 Å². The molecule has 9 fully saturated rings. The fourth-order valence-electron chi connectivity index (χ4n) is 16.9. The molecule has 0 aromatic carbocycles. The highest BCUT2D eigenvalue weighted by atomic mass is 16.8. The average molecular weight is 1050 g/mol. The Kier molecular flexibility index (Phi) is 15.3. The molecule has 20 heteroatoms. The van der Waals surface area contributed by atoms with Crippen molar-refractivity contribution >= 4 is 17.9 Å². The standard InChI is InChI=1S/C54H84O20/c1-24(2)19-30-20-52(12,74-48-44(70-29(7)57)43(69-28(6)56)42(26(4)67-48)68-27(5)55)45-31-13-14-34-50(10)17-16-35(49(8,9)33(50)15-18-51(34,11)53(31)22-54(45,73-30)65-23-53)72-47-41(63)39(61)37(59)32(71-47)21-64-46-40(62)38(60)36(58)25(3)66-46/h19,25-26,30-48,58-63H,13-18,20-23H2,1-12H3.